The Morgan fingerprint density at radius 2 is 1.62 bits per heavy atom. The molecule has 5 nitrogen and oxygen atoms in total. The first-order valence-corrected chi connectivity index (χ1v) is 9.74. The summed E-state index contributed by atoms with van der Waals surface area (Å²) in [6, 6.07) is 16.0. The van der Waals surface area contributed by atoms with Crippen molar-refractivity contribution in [1.29, 1.82) is 0 Å². The topological polar surface area (TPSA) is 64.4 Å². The molecule has 1 N–H and O–H groups in total. The van der Waals surface area contributed by atoms with E-state index in [0.29, 0.717) is 22.3 Å². The number of nitrogens with one attached hydrogen (secondary N) is 1. The van der Waals surface area contributed by atoms with E-state index in [9.17, 15) is 10.1 Å². The average molecular weight is 431 g/mol. The summed E-state index contributed by atoms with van der Waals surface area (Å²) in [6.45, 7) is 4.89. The standard InChI is InChI=1S/C22H20Cl2N2O3/c1-14-3-4-15(2)21(9-14)25-12-17-10-19(23)22(20(24)11-17)29-13-16-5-7-18(8-6-16)26(27)28/h3-11,25H,12-13H2,1-2H3. The third kappa shape index (κ3) is 5.40. The largest absolute Gasteiger partial charge is 0.486 e. The van der Waals surface area contributed by atoms with Crippen molar-refractivity contribution in [3.63, 3.8) is 0 Å². The molecule has 0 fully saturated rings. The molecule has 3 aromatic carbocycles. The highest BCUT2D eigenvalue weighted by atomic mass is 35.5. The third-order valence-electron chi connectivity index (χ3n) is 4.46. The lowest BCUT2D eigenvalue weighted by Gasteiger charge is -2.14. The molecule has 3 aromatic rings. The fraction of sp³-hybridized carbons (Fsp3) is 0.182. The summed E-state index contributed by atoms with van der Waals surface area (Å²) in [4.78, 5) is 10.3. The van der Waals surface area contributed by atoms with Gasteiger partial charge in [-0.05, 0) is 66.4 Å². The summed E-state index contributed by atoms with van der Waals surface area (Å²) in [5.74, 6) is 0.391. The number of nitrogens with zero attached hydrogens (tertiary/aromatic N) is 1. The Bertz CT molecular complexity index is 1010. The second-order valence-corrected chi connectivity index (χ2v) is 7.59. The highest BCUT2D eigenvalue weighted by Gasteiger charge is 2.11. The van der Waals surface area contributed by atoms with Gasteiger partial charge in [0, 0.05) is 24.4 Å². The summed E-state index contributed by atoms with van der Waals surface area (Å²) < 4.78 is 5.75. The molecule has 0 aliphatic carbocycles. The van der Waals surface area contributed by atoms with Crippen LogP contribution in [-0.2, 0) is 13.2 Å². The molecule has 150 valence electrons. The van der Waals surface area contributed by atoms with E-state index in [-0.39, 0.29) is 12.3 Å². The minimum Gasteiger partial charge on any atom is -0.486 e. The molecule has 3 rings (SSSR count). The fourth-order valence-electron chi connectivity index (χ4n) is 2.85. The van der Waals surface area contributed by atoms with Crippen molar-refractivity contribution in [2.75, 3.05) is 5.32 Å². The number of nitro groups is 1. The molecular weight excluding hydrogens is 411 g/mol. The molecule has 29 heavy (non-hydrogen) atoms. The zero-order valence-corrected chi connectivity index (χ0v) is 17.6. The van der Waals surface area contributed by atoms with Crippen molar-refractivity contribution in [2.45, 2.75) is 27.0 Å². The lowest BCUT2D eigenvalue weighted by molar-refractivity contribution is -0.384. The van der Waals surface area contributed by atoms with Crippen LogP contribution in [0.15, 0.2) is 54.6 Å². The molecule has 0 aliphatic heterocycles. The van der Waals surface area contributed by atoms with Gasteiger partial charge in [-0.15, -0.1) is 0 Å². The van der Waals surface area contributed by atoms with E-state index < -0.39 is 4.92 Å². The van der Waals surface area contributed by atoms with E-state index in [1.165, 1.54) is 17.7 Å². The number of nitro benzene ring substituents is 1. The Morgan fingerprint density at radius 1 is 0.966 bits per heavy atom. The maximum absolute atomic E-state index is 10.7. The average Bonchev–Trinajstić information content (AvgIpc) is 2.68. The maximum Gasteiger partial charge on any atom is 0.269 e. The van der Waals surface area contributed by atoms with Crippen molar-refractivity contribution in [3.8, 4) is 5.75 Å². The quantitative estimate of drug-likeness (QED) is 0.334. The van der Waals surface area contributed by atoms with Crippen molar-refractivity contribution in [2.24, 2.45) is 0 Å². The highest BCUT2D eigenvalue weighted by Crippen LogP contribution is 2.35. The van der Waals surface area contributed by atoms with Crippen LogP contribution in [-0.4, -0.2) is 4.92 Å². The predicted octanol–water partition coefficient (Wildman–Crippen LogP) is 6.71. The van der Waals surface area contributed by atoms with Gasteiger partial charge in [-0.25, -0.2) is 0 Å². The van der Waals surface area contributed by atoms with Crippen molar-refractivity contribution < 1.29 is 9.66 Å². The van der Waals surface area contributed by atoms with E-state index in [1.807, 2.05) is 12.1 Å². The Labute approximate surface area is 179 Å². The van der Waals surface area contributed by atoms with Crippen LogP contribution < -0.4 is 10.1 Å². The van der Waals surface area contributed by atoms with Gasteiger partial charge in [-0.3, -0.25) is 10.1 Å². The number of ether oxygens (including phenoxy) is 1. The molecular formula is C22H20Cl2N2O3. The number of aryl methyl sites for hydroxylation is 2. The van der Waals surface area contributed by atoms with Gasteiger partial charge in [0.15, 0.2) is 5.75 Å². The Balaban J connectivity index is 1.67. The van der Waals surface area contributed by atoms with Crippen molar-refractivity contribution >= 4 is 34.6 Å². The normalized spacial score (nSPS) is 10.6. The van der Waals surface area contributed by atoms with Crippen molar-refractivity contribution in [1.82, 2.24) is 0 Å². The van der Waals surface area contributed by atoms with Crippen LogP contribution in [0.25, 0.3) is 0 Å². The number of non-ortho nitro benzene ring substituents is 1. The minimum atomic E-state index is -0.441. The first kappa shape index (κ1) is 21.0. The maximum atomic E-state index is 10.7. The molecule has 0 heterocycles. The smallest absolute Gasteiger partial charge is 0.269 e. The zero-order chi connectivity index (χ0) is 21.0. The van der Waals surface area contributed by atoms with Gasteiger partial charge in [0.25, 0.3) is 5.69 Å². The van der Waals surface area contributed by atoms with Gasteiger partial charge in [-0.2, -0.15) is 0 Å². The number of halogens is 2. The van der Waals surface area contributed by atoms with Crippen LogP contribution in [0, 0.1) is 24.0 Å². The molecule has 0 radical (unpaired) electrons. The number of hydrogen-bond donors (Lipinski definition) is 1. The molecule has 0 spiro atoms. The van der Waals surface area contributed by atoms with E-state index in [2.05, 4.69) is 37.4 Å². The van der Waals surface area contributed by atoms with Crippen LogP contribution in [0.4, 0.5) is 11.4 Å². The number of anilines is 1. The minimum absolute atomic E-state index is 0.0329. The monoisotopic (exact) mass is 430 g/mol. The summed E-state index contributed by atoms with van der Waals surface area (Å²) in [5, 5.41) is 15.0. The lowest BCUT2D eigenvalue weighted by atomic mass is 10.1. The van der Waals surface area contributed by atoms with Gasteiger partial charge >= 0.3 is 0 Å². The molecule has 0 aliphatic rings. The van der Waals surface area contributed by atoms with Gasteiger partial charge in [0.1, 0.15) is 6.61 Å². The van der Waals surface area contributed by atoms with Crippen molar-refractivity contribution in [3.05, 3.63) is 97.0 Å². The van der Waals surface area contributed by atoms with E-state index in [4.69, 9.17) is 27.9 Å². The predicted molar refractivity (Wildman–Crippen MR) is 117 cm³/mol. The third-order valence-corrected chi connectivity index (χ3v) is 5.03. The molecule has 0 atom stereocenters. The van der Waals surface area contributed by atoms with Gasteiger partial charge in [0.05, 0.1) is 15.0 Å². The van der Waals surface area contributed by atoms with Gasteiger partial charge in [-0.1, -0.05) is 35.3 Å². The zero-order valence-electron chi connectivity index (χ0n) is 16.0. The van der Waals surface area contributed by atoms with E-state index >= 15 is 0 Å². The SMILES string of the molecule is Cc1ccc(C)c(NCc2cc(Cl)c(OCc3ccc([N+](=O)[O-])cc3)c(Cl)c2)c1. The second-order valence-electron chi connectivity index (χ2n) is 6.77. The molecule has 0 saturated carbocycles. The lowest BCUT2D eigenvalue weighted by Crippen LogP contribution is -2.03. The molecule has 0 aromatic heterocycles. The fourth-order valence-corrected chi connectivity index (χ4v) is 3.49. The highest BCUT2D eigenvalue weighted by molar-refractivity contribution is 6.37. The van der Waals surface area contributed by atoms with E-state index in [0.717, 1.165) is 22.4 Å². The van der Waals surface area contributed by atoms with Crippen LogP contribution in [0.2, 0.25) is 10.0 Å². The summed E-state index contributed by atoms with van der Waals surface area (Å²) in [6.07, 6.45) is 0. The summed E-state index contributed by atoms with van der Waals surface area (Å²) in [5.41, 5.74) is 5.16. The van der Waals surface area contributed by atoms with Crippen LogP contribution >= 0.6 is 23.2 Å². The first-order chi connectivity index (χ1) is 13.8. The molecule has 0 unspecified atom stereocenters. The summed E-state index contributed by atoms with van der Waals surface area (Å²) >= 11 is 12.8. The number of rotatable bonds is 7. The number of benzene rings is 3. The molecule has 0 amide bonds. The molecule has 0 saturated heterocycles. The van der Waals surface area contributed by atoms with Crippen LogP contribution in [0.1, 0.15) is 22.3 Å². The molecule has 7 heteroatoms. The van der Waals surface area contributed by atoms with Gasteiger partial charge in [0.2, 0.25) is 0 Å². The second kappa shape index (κ2) is 9.16. The number of hydrogen-bond acceptors (Lipinski definition) is 4. The van der Waals surface area contributed by atoms with Crippen LogP contribution in [0.3, 0.4) is 0 Å². The Hall–Kier alpha value is -2.76. The molecule has 0 bridgehead atoms. The van der Waals surface area contributed by atoms with Gasteiger partial charge < -0.3 is 10.1 Å². The Morgan fingerprint density at radius 3 is 2.24 bits per heavy atom. The first-order valence-electron chi connectivity index (χ1n) is 8.98. The van der Waals surface area contributed by atoms with E-state index in [1.54, 1.807) is 12.1 Å². The van der Waals surface area contributed by atoms with Crippen LogP contribution in [0.5, 0.6) is 5.75 Å². The summed E-state index contributed by atoms with van der Waals surface area (Å²) in [7, 11) is 0. The Kier molecular flexibility index (Phi) is 6.62.